The molecule has 1 unspecified atom stereocenters. The summed E-state index contributed by atoms with van der Waals surface area (Å²) in [5.74, 6) is 1.92. The van der Waals surface area contributed by atoms with Crippen LogP contribution in [0.5, 0.6) is 0 Å². The third-order valence-corrected chi connectivity index (χ3v) is 3.52. The summed E-state index contributed by atoms with van der Waals surface area (Å²) >= 11 is 1.67. The second-order valence-corrected chi connectivity index (χ2v) is 5.09. The zero-order chi connectivity index (χ0) is 12.8. The molecule has 0 amide bonds. The van der Waals surface area contributed by atoms with E-state index in [-0.39, 0.29) is 6.04 Å². The second-order valence-electron chi connectivity index (χ2n) is 4.04. The molecule has 4 nitrogen and oxygen atoms in total. The van der Waals surface area contributed by atoms with E-state index in [1.807, 2.05) is 18.2 Å². The van der Waals surface area contributed by atoms with Gasteiger partial charge in [-0.15, -0.1) is 11.8 Å². The van der Waals surface area contributed by atoms with Gasteiger partial charge in [-0.1, -0.05) is 36.7 Å². The first-order chi connectivity index (χ1) is 8.79. The van der Waals surface area contributed by atoms with E-state index >= 15 is 0 Å². The summed E-state index contributed by atoms with van der Waals surface area (Å²) in [7, 11) is 0. The minimum absolute atomic E-state index is 0.116. The molecule has 0 aliphatic heterocycles. The van der Waals surface area contributed by atoms with Crippen molar-refractivity contribution in [1.29, 1.82) is 0 Å². The van der Waals surface area contributed by atoms with Crippen molar-refractivity contribution < 1.29 is 4.52 Å². The lowest BCUT2D eigenvalue weighted by Gasteiger charge is -2.02. The molecule has 0 aliphatic rings. The van der Waals surface area contributed by atoms with Crippen LogP contribution in [0.4, 0.5) is 0 Å². The molecule has 0 radical (unpaired) electrons. The first kappa shape index (κ1) is 13.1. The number of thioether (sulfide) groups is 1. The predicted molar refractivity (Wildman–Crippen MR) is 72.1 cm³/mol. The third-order valence-electron chi connectivity index (χ3n) is 2.52. The summed E-state index contributed by atoms with van der Waals surface area (Å²) in [6.45, 7) is 2.09. The molecule has 1 heterocycles. The molecule has 0 aliphatic carbocycles. The highest BCUT2D eigenvalue weighted by Gasteiger charge is 2.13. The Hall–Kier alpha value is -1.33. The largest absolute Gasteiger partial charge is 0.338 e. The topological polar surface area (TPSA) is 64.9 Å². The quantitative estimate of drug-likeness (QED) is 0.811. The number of aromatic nitrogens is 2. The lowest BCUT2D eigenvalue weighted by Crippen LogP contribution is -2.11. The van der Waals surface area contributed by atoms with Crippen LogP contribution in [-0.4, -0.2) is 10.1 Å². The number of nitrogens with two attached hydrogens (primary N) is 1. The molecule has 2 N–H and O–H groups in total. The van der Waals surface area contributed by atoms with Crippen molar-refractivity contribution in [2.24, 2.45) is 5.73 Å². The van der Waals surface area contributed by atoms with Crippen molar-refractivity contribution in [2.75, 3.05) is 0 Å². The molecule has 2 aromatic rings. The predicted octanol–water partition coefficient (Wildman–Crippen LogP) is 3.16. The Morgan fingerprint density at radius 3 is 2.83 bits per heavy atom. The summed E-state index contributed by atoms with van der Waals surface area (Å²) in [5, 5.41) is 3.92. The zero-order valence-corrected chi connectivity index (χ0v) is 11.2. The Labute approximate surface area is 111 Å². The molecule has 0 saturated carbocycles. The fourth-order valence-electron chi connectivity index (χ4n) is 1.58. The molecule has 2 rings (SSSR count). The fraction of sp³-hybridized carbons (Fsp3) is 0.385. The summed E-state index contributed by atoms with van der Waals surface area (Å²) in [6.07, 6.45) is 1.90. The lowest BCUT2D eigenvalue weighted by molar-refractivity contribution is 0.379. The van der Waals surface area contributed by atoms with Crippen LogP contribution in [-0.2, 0) is 5.75 Å². The Morgan fingerprint density at radius 2 is 2.11 bits per heavy atom. The summed E-state index contributed by atoms with van der Waals surface area (Å²) in [6, 6.07) is 10.0. The number of hydrogen-bond donors (Lipinski definition) is 1. The van der Waals surface area contributed by atoms with E-state index in [1.54, 1.807) is 11.8 Å². The van der Waals surface area contributed by atoms with Crippen molar-refractivity contribution in [1.82, 2.24) is 10.1 Å². The molecule has 1 atom stereocenters. The Morgan fingerprint density at radius 1 is 1.33 bits per heavy atom. The Bertz CT molecular complexity index is 472. The van der Waals surface area contributed by atoms with Crippen molar-refractivity contribution in [3.05, 3.63) is 42.0 Å². The summed E-state index contributed by atoms with van der Waals surface area (Å²) in [4.78, 5) is 5.51. The van der Waals surface area contributed by atoms with Crippen LogP contribution in [0.25, 0.3) is 0 Å². The van der Waals surface area contributed by atoms with Gasteiger partial charge in [0.15, 0.2) is 5.82 Å². The van der Waals surface area contributed by atoms with E-state index < -0.39 is 0 Å². The smallest absolute Gasteiger partial charge is 0.237 e. The molecule has 1 aromatic carbocycles. The maximum absolute atomic E-state index is 5.93. The maximum Gasteiger partial charge on any atom is 0.237 e. The van der Waals surface area contributed by atoms with Gasteiger partial charge in [0.05, 0.1) is 11.8 Å². The Balaban J connectivity index is 1.91. The summed E-state index contributed by atoms with van der Waals surface area (Å²) in [5.41, 5.74) is 5.93. The first-order valence-electron chi connectivity index (χ1n) is 6.05. The van der Waals surface area contributed by atoms with Gasteiger partial charge < -0.3 is 10.3 Å². The van der Waals surface area contributed by atoms with Crippen LogP contribution in [0, 0.1) is 0 Å². The molecule has 0 saturated heterocycles. The van der Waals surface area contributed by atoms with Gasteiger partial charge in [-0.25, -0.2) is 0 Å². The second kappa shape index (κ2) is 6.56. The number of rotatable bonds is 6. The van der Waals surface area contributed by atoms with Crippen LogP contribution in [0.2, 0.25) is 0 Å². The summed E-state index contributed by atoms with van der Waals surface area (Å²) < 4.78 is 5.19. The van der Waals surface area contributed by atoms with Crippen LogP contribution < -0.4 is 5.73 Å². The van der Waals surface area contributed by atoms with E-state index in [2.05, 4.69) is 29.2 Å². The molecule has 18 heavy (non-hydrogen) atoms. The highest BCUT2D eigenvalue weighted by Crippen LogP contribution is 2.22. The number of hydrogen-bond acceptors (Lipinski definition) is 5. The van der Waals surface area contributed by atoms with Crippen molar-refractivity contribution in [3.63, 3.8) is 0 Å². The van der Waals surface area contributed by atoms with Crippen molar-refractivity contribution in [2.45, 2.75) is 36.5 Å². The van der Waals surface area contributed by atoms with Gasteiger partial charge in [0, 0.05) is 4.90 Å². The van der Waals surface area contributed by atoms with Crippen molar-refractivity contribution in [3.8, 4) is 0 Å². The normalized spacial score (nSPS) is 12.6. The van der Waals surface area contributed by atoms with Crippen LogP contribution in [0.3, 0.4) is 0 Å². The third kappa shape index (κ3) is 3.58. The first-order valence-corrected chi connectivity index (χ1v) is 7.04. The van der Waals surface area contributed by atoms with Crippen LogP contribution in [0.1, 0.15) is 37.5 Å². The standard InChI is InChI=1S/C13H17N3OS/c1-2-6-11(14)13-15-12(17-16-13)9-18-10-7-4-3-5-8-10/h3-5,7-8,11H,2,6,9,14H2,1H3. The SMILES string of the molecule is CCCC(N)c1noc(CSc2ccccc2)n1. The average molecular weight is 263 g/mol. The average Bonchev–Trinajstić information content (AvgIpc) is 2.87. The number of benzene rings is 1. The van der Waals surface area contributed by atoms with Gasteiger partial charge >= 0.3 is 0 Å². The van der Waals surface area contributed by atoms with E-state index in [9.17, 15) is 0 Å². The van der Waals surface area contributed by atoms with Gasteiger partial charge in [-0.2, -0.15) is 4.98 Å². The van der Waals surface area contributed by atoms with E-state index in [1.165, 1.54) is 4.90 Å². The molecular formula is C13H17N3OS. The fourth-order valence-corrected chi connectivity index (χ4v) is 2.34. The highest BCUT2D eigenvalue weighted by atomic mass is 32.2. The number of nitrogens with zero attached hydrogens (tertiary/aromatic N) is 2. The molecule has 96 valence electrons. The molecule has 1 aromatic heterocycles. The van der Waals surface area contributed by atoms with Gasteiger partial charge in [0.25, 0.3) is 0 Å². The van der Waals surface area contributed by atoms with E-state index in [4.69, 9.17) is 10.3 Å². The molecule has 0 bridgehead atoms. The molecular weight excluding hydrogens is 246 g/mol. The molecule has 5 heteroatoms. The van der Waals surface area contributed by atoms with E-state index in [0.717, 1.165) is 12.8 Å². The van der Waals surface area contributed by atoms with Crippen molar-refractivity contribution >= 4 is 11.8 Å². The van der Waals surface area contributed by atoms with Gasteiger partial charge in [-0.3, -0.25) is 0 Å². The van der Waals surface area contributed by atoms with Crippen LogP contribution >= 0.6 is 11.8 Å². The van der Waals surface area contributed by atoms with Gasteiger partial charge in [0.1, 0.15) is 0 Å². The zero-order valence-electron chi connectivity index (χ0n) is 10.4. The minimum atomic E-state index is -0.116. The minimum Gasteiger partial charge on any atom is -0.338 e. The monoisotopic (exact) mass is 263 g/mol. The lowest BCUT2D eigenvalue weighted by atomic mass is 10.2. The van der Waals surface area contributed by atoms with Crippen LogP contribution in [0.15, 0.2) is 39.8 Å². The highest BCUT2D eigenvalue weighted by molar-refractivity contribution is 7.98. The maximum atomic E-state index is 5.93. The van der Waals surface area contributed by atoms with Gasteiger partial charge in [-0.05, 0) is 18.6 Å². The van der Waals surface area contributed by atoms with Gasteiger partial charge in [0.2, 0.25) is 5.89 Å². The molecule has 0 spiro atoms. The van der Waals surface area contributed by atoms with E-state index in [0.29, 0.717) is 17.5 Å². The molecule has 0 fully saturated rings. The Kier molecular flexibility index (Phi) is 4.78.